The highest BCUT2D eigenvalue weighted by atomic mass is 127. The van der Waals surface area contributed by atoms with Crippen LogP contribution in [0, 0.1) is 13.7 Å². The zero-order valence-corrected chi connectivity index (χ0v) is 13.7. The highest BCUT2D eigenvalue weighted by Gasteiger charge is 2.09. The average Bonchev–Trinajstić information content (AvgIpc) is 2.47. The molecule has 1 N–H and O–H groups in total. The SMILES string of the molecule is COCc1ccccc1CNc1ccc([N+](=O)[O-])cc1I. The molecule has 2 aromatic carbocycles. The first-order valence-corrected chi connectivity index (χ1v) is 7.43. The molecule has 0 aromatic heterocycles. The molecule has 0 atom stereocenters. The van der Waals surface area contributed by atoms with Gasteiger partial charge in [-0.1, -0.05) is 24.3 Å². The van der Waals surface area contributed by atoms with Gasteiger partial charge < -0.3 is 10.1 Å². The first kappa shape index (κ1) is 15.7. The minimum atomic E-state index is -0.389. The lowest BCUT2D eigenvalue weighted by atomic mass is 10.1. The Kier molecular flexibility index (Phi) is 5.51. The number of hydrogen-bond donors (Lipinski definition) is 1. The van der Waals surface area contributed by atoms with Crippen LogP contribution in [-0.2, 0) is 17.9 Å². The lowest BCUT2D eigenvalue weighted by Crippen LogP contribution is -2.05. The maximum Gasteiger partial charge on any atom is 0.270 e. The summed E-state index contributed by atoms with van der Waals surface area (Å²) in [4.78, 5) is 10.3. The van der Waals surface area contributed by atoms with Crippen LogP contribution < -0.4 is 5.32 Å². The molecule has 0 saturated heterocycles. The molecule has 0 bridgehead atoms. The van der Waals surface area contributed by atoms with Gasteiger partial charge in [0.05, 0.1) is 11.5 Å². The zero-order chi connectivity index (χ0) is 15.2. The molecule has 0 aliphatic rings. The van der Waals surface area contributed by atoms with Crippen molar-refractivity contribution in [2.45, 2.75) is 13.2 Å². The predicted molar refractivity (Wildman–Crippen MR) is 90.3 cm³/mol. The molecule has 5 nitrogen and oxygen atoms in total. The highest BCUT2D eigenvalue weighted by Crippen LogP contribution is 2.24. The molecule has 0 aliphatic carbocycles. The molecule has 0 radical (unpaired) electrons. The number of nitrogens with zero attached hydrogens (tertiary/aromatic N) is 1. The Morgan fingerprint density at radius 1 is 1.24 bits per heavy atom. The number of benzene rings is 2. The van der Waals surface area contributed by atoms with Crippen LogP contribution in [0.25, 0.3) is 0 Å². The van der Waals surface area contributed by atoms with Crippen molar-refractivity contribution in [3.05, 3.63) is 67.3 Å². The van der Waals surface area contributed by atoms with E-state index >= 15 is 0 Å². The van der Waals surface area contributed by atoms with Crippen LogP contribution in [0.3, 0.4) is 0 Å². The van der Waals surface area contributed by atoms with Gasteiger partial charge in [0.1, 0.15) is 0 Å². The molecule has 0 heterocycles. The molecule has 0 aliphatic heterocycles. The lowest BCUT2D eigenvalue weighted by Gasteiger charge is -2.12. The minimum Gasteiger partial charge on any atom is -0.380 e. The van der Waals surface area contributed by atoms with Crippen molar-refractivity contribution in [3.8, 4) is 0 Å². The van der Waals surface area contributed by atoms with Crippen LogP contribution in [0.5, 0.6) is 0 Å². The fraction of sp³-hybridized carbons (Fsp3) is 0.200. The zero-order valence-electron chi connectivity index (χ0n) is 11.5. The third-order valence-electron chi connectivity index (χ3n) is 3.05. The van der Waals surface area contributed by atoms with Gasteiger partial charge >= 0.3 is 0 Å². The first-order valence-electron chi connectivity index (χ1n) is 6.35. The van der Waals surface area contributed by atoms with Gasteiger partial charge in [0, 0.05) is 35.0 Å². The summed E-state index contributed by atoms with van der Waals surface area (Å²) in [6, 6.07) is 12.8. The van der Waals surface area contributed by atoms with Crippen LogP contribution in [0.2, 0.25) is 0 Å². The number of anilines is 1. The summed E-state index contributed by atoms with van der Waals surface area (Å²) in [5, 5.41) is 14.0. The average molecular weight is 398 g/mol. The molecule has 0 spiro atoms. The minimum absolute atomic E-state index is 0.102. The second kappa shape index (κ2) is 7.37. The van der Waals surface area contributed by atoms with E-state index in [2.05, 4.69) is 27.9 Å². The normalized spacial score (nSPS) is 10.4. The predicted octanol–water partition coefficient (Wildman–Crippen LogP) is 3.96. The van der Waals surface area contributed by atoms with Crippen molar-refractivity contribution in [1.82, 2.24) is 0 Å². The Morgan fingerprint density at radius 3 is 2.57 bits per heavy atom. The Labute approximate surface area is 136 Å². The van der Waals surface area contributed by atoms with E-state index in [0.29, 0.717) is 13.2 Å². The molecule has 0 saturated carbocycles. The summed E-state index contributed by atoms with van der Waals surface area (Å²) < 4.78 is 6.01. The number of nitrogens with one attached hydrogen (secondary N) is 1. The number of halogens is 1. The van der Waals surface area contributed by atoms with Gasteiger partial charge in [-0.3, -0.25) is 10.1 Å². The second-order valence-corrected chi connectivity index (χ2v) is 5.64. The summed E-state index contributed by atoms with van der Waals surface area (Å²) in [5.74, 6) is 0. The van der Waals surface area contributed by atoms with E-state index in [-0.39, 0.29) is 10.6 Å². The Bertz CT molecular complexity index is 647. The molecular weight excluding hydrogens is 383 g/mol. The fourth-order valence-corrected chi connectivity index (χ4v) is 2.67. The molecular formula is C15H15IN2O3. The molecule has 110 valence electrons. The van der Waals surface area contributed by atoms with Crippen LogP contribution in [0.1, 0.15) is 11.1 Å². The Morgan fingerprint density at radius 2 is 1.95 bits per heavy atom. The third kappa shape index (κ3) is 4.15. The van der Waals surface area contributed by atoms with E-state index in [0.717, 1.165) is 20.4 Å². The van der Waals surface area contributed by atoms with Crippen LogP contribution in [-0.4, -0.2) is 12.0 Å². The standard InChI is InChI=1S/C15H15IN2O3/c1-21-10-12-5-3-2-4-11(12)9-17-15-7-6-13(18(19)20)8-14(15)16/h2-8,17H,9-10H2,1H3. The van der Waals surface area contributed by atoms with Gasteiger partial charge in [0.15, 0.2) is 0 Å². The van der Waals surface area contributed by atoms with E-state index in [1.807, 2.05) is 24.3 Å². The number of non-ortho nitro benzene ring substituents is 1. The second-order valence-electron chi connectivity index (χ2n) is 4.48. The molecule has 0 unspecified atom stereocenters. The summed E-state index contributed by atoms with van der Waals surface area (Å²) in [5.41, 5.74) is 3.26. The third-order valence-corrected chi connectivity index (χ3v) is 3.94. The summed E-state index contributed by atoms with van der Waals surface area (Å²) in [6.07, 6.45) is 0. The Balaban J connectivity index is 2.11. The highest BCUT2D eigenvalue weighted by molar-refractivity contribution is 14.1. The van der Waals surface area contributed by atoms with Crippen molar-refractivity contribution in [2.75, 3.05) is 12.4 Å². The maximum atomic E-state index is 10.7. The van der Waals surface area contributed by atoms with Gasteiger partial charge in [0.2, 0.25) is 0 Å². The number of rotatable bonds is 6. The topological polar surface area (TPSA) is 64.4 Å². The molecule has 6 heteroatoms. The number of ether oxygens (including phenoxy) is 1. The van der Waals surface area contributed by atoms with Crippen LogP contribution >= 0.6 is 22.6 Å². The van der Waals surface area contributed by atoms with Crippen LogP contribution in [0.4, 0.5) is 11.4 Å². The number of nitro benzene ring substituents is 1. The Hall–Kier alpha value is -1.67. The van der Waals surface area contributed by atoms with E-state index in [4.69, 9.17) is 4.74 Å². The lowest BCUT2D eigenvalue weighted by molar-refractivity contribution is -0.384. The molecule has 21 heavy (non-hydrogen) atoms. The summed E-state index contributed by atoms with van der Waals surface area (Å²) in [6.45, 7) is 1.21. The number of hydrogen-bond acceptors (Lipinski definition) is 4. The number of nitro groups is 1. The maximum absolute atomic E-state index is 10.7. The summed E-state index contributed by atoms with van der Waals surface area (Å²) in [7, 11) is 1.67. The van der Waals surface area contributed by atoms with E-state index in [9.17, 15) is 10.1 Å². The van der Waals surface area contributed by atoms with E-state index < -0.39 is 0 Å². The van der Waals surface area contributed by atoms with Crippen molar-refractivity contribution in [2.24, 2.45) is 0 Å². The summed E-state index contributed by atoms with van der Waals surface area (Å²) >= 11 is 2.10. The molecule has 2 aromatic rings. The van der Waals surface area contributed by atoms with E-state index in [1.54, 1.807) is 19.2 Å². The largest absolute Gasteiger partial charge is 0.380 e. The van der Waals surface area contributed by atoms with Crippen molar-refractivity contribution in [1.29, 1.82) is 0 Å². The van der Waals surface area contributed by atoms with E-state index in [1.165, 1.54) is 6.07 Å². The van der Waals surface area contributed by atoms with Gasteiger partial charge in [-0.15, -0.1) is 0 Å². The van der Waals surface area contributed by atoms with Crippen LogP contribution in [0.15, 0.2) is 42.5 Å². The number of methoxy groups -OCH3 is 1. The molecule has 0 amide bonds. The monoisotopic (exact) mass is 398 g/mol. The van der Waals surface area contributed by atoms with Crippen molar-refractivity contribution in [3.63, 3.8) is 0 Å². The van der Waals surface area contributed by atoms with Crippen molar-refractivity contribution >= 4 is 34.0 Å². The quantitative estimate of drug-likeness (QED) is 0.455. The van der Waals surface area contributed by atoms with Gasteiger partial charge in [-0.05, 0) is 39.8 Å². The van der Waals surface area contributed by atoms with Crippen molar-refractivity contribution < 1.29 is 9.66 Å². The fourth-order valence-electron chi connectivity index (χ4n) is 1.98. The van der Waals surface area contributed by atoms with Gasteiger partial charge in [-0.25, -0.2) is 0 Å². The molecule has 2 rings (SSSR count). The van der Waals surface area contributed by atoms with Gasteiger partial charge in [0.25, 0.3) is 5.69 Å². The smallest absolute Gasteiger partial charge is 0.270 e. The molecule has 0 fully saturated rings. The van der Waals surface area contributed by atoms with Gasteiger partial charge in [-0.2, -0.15) is 0 Å². The first-order chi connectivity index (χ1) is 10.1.